The first kappa shape index (κ1) is 18.1. The second-order valence-corrected chi connectivity index (χ2v) is 7.42. The summed E-state index contributed by atoms with van der Waals surface area (Å²) in [7, 11) is 0. The predicted molar refractivity (Wildman–Crippen MR) is 104 cm³/mol. The molecule has 1 aliphatic rings. The van der Waals surface area contributed by atoms with Gasteiger partial charge in [0.2, 0.25) is 11.9 Å². The highest BCUT2D eigenvalue weighted by Crippen LogP contribution is 2.37. The zero-order valence-corrected chi connectivity index (χ0v) is 15.6. The molecule has 0 unspecified atom stereocenters. The van der Waals surface area contributed by atoms with Gasteiger partial charge in [0.15, 0.2) is 0 Å². The molecule has 28 heavy (non-hydrogen) atoms. The van der Waals surface area contributed by atoms with Crippen LogP contribution in [0, 0.1) is 11.3 Å². The van der Waals surface area contributed by atoms with Crippen molar-refractivity contribution < 1.29 is 9.90 Å². The molecule has 0 bridgehead atoms. The number of carbonyl (C=O) groups excluding carboxylic acids is 1. The summed E-state index contributed by atoms with van der Waals surface area (Å²) < 4.78 is 2.01. The first-order chi connectivity index (χ1) is 13.5. The molecule has 1 saturated carbocycles. The largest absolute Gasteiger partial charge is 0.383 e. The molecule has 1 atom stereocenters. The van der Waals surface area contributed by atoms with Crippen LogP contribution in [0.1, 0.15) is 49.9 Å². The molecule has 1 aliphatic carbocycles. The number of imidazole rings is 1. The molecule has 7 nitrogen and oxygen atoms in total. The Kier molecular flexibility index (Phi) is 4.57. The molecule has 0 saturated heterocycles. The Labute approximate surface area is 162 Å². The number of nitrogens with one attached hydrogen (secondary N) is 1. The highest BCUT2D eigenvalue weighted by atomic mass is 16.3. The predicted octanol–water partition coefficient (Wildman–Crippen LogP) is 3.26. The maximum atomic E-state index is 12.7. The Morgan fingerprint density at radius 3 is 2.86 bits per heavy atom. The minimum atomic E-state index is -1.38. The van der Waals surface area contributed by atoms with Gasteiger partial charge in [-0.1, -0.05) is 6.07 Å². The second-order valence-electron chi connectivity index (χ2n) is 7.42. The van der Waals surface area contributed by atoms with Crippen LogP contribution in [0.15, 0.2) is 42.6 Å². The van der Waals surface area contributed by atoms with E-state index in [2.05, 4.69) is 21.4 Å². The third-order valence-electron chi connectivity index (χ3n) is 5.23. The average Bonchev–Trinajstić information content (AvgIpc) is 2.97. The molecule has 1 amide bonds. The second kappa shape index (κ2) is 7.06. The standard InChI is InChI=1S/C21H21N5O2/c1-21(28,18-7-2-3-10-23-18)12-19(27)25-20-24-16-9-8-14(13-22)11-17(16)26(20)15-5-4-6-15/h2-3,7-11,15,28H,4-6,12H2,1H3,(H,24,25,27)/t21-/m0/s1. The van der Waals surface area contributed by atoms with Crippen LogP contribution in [-0.2, 0) is 10.4 Å². The van der Waals surface area contributed by atoms with Crippen LogP contribution in [0.4, 0.5) is 5.95 Å². The van der Waals surface area contributed by atoms with E-state index in [-0.39, 0.29) is 18.4 Å². The number of rotatable bonds is 5. The van der Waals surface area contributed by atoms with Gasteiger partial charge in [0, 0.05) is 12.2 Å². The molecule has 0 radical (unpaired) electrons. The Balaban J connectivity index is 1.62. The van der Waals surface area contributed by atoms with Gasteiger partial charge in [-0.2, -0.15) is 5.26 Å². The van der Waals surface area contributed by atoms with E-state index in [1.807, 2.05) is 4.57 Å². The number of aromatic nitrogens is 3. The van der Waals surface area contributed by atoms with E-state index in [0.29, 0.717) is 17.2 Å². The SMILES string of the molecule is C[C@](O)(CC(=O)Nc1nc2ccc(C#N)cc2n1C1CCC1)c1ccccn1. The summed E-state index contributed by atoms with van der Waals surface area (Å²) in [6, 6.07) is 13.0. The van der Waals surface area contributed by atoms with Crippen LogP contribution in [0.3, 0.4) is 0 Å². The van der Waals surface area contributed by atoms with Gasteiger partial charge in [-0.05, 0) is 56.5 Å². The number of nitrogens with zero attached hydrogens (tertiary/aromatic N) is 4. The van der Waals surface area contributed by atoms with Crippen LogP contribution < -0.4 is 5.32 Å². The first-order valence-electron chi connectivity index (χ1n) is 9.34. The van der Waals surface area contributed by atoms with E-state index in [1.165, 1.54) is 0 Å². The molecule has 3 aromatic rings. The van der Waals surface area contributed by atoms with Crippen molar-refractivity contribution in [3.8, 4) is 6.07 Å². The third-order valence-corrected chi connectivity index (χ3v) is 5.23. The number of carbonyl (C=O) groups is 1. The molecule has 7 heteroatoms. The van der Waals surface area contributed by atoms with Crippen molar-refractivity contribution >= 4 is 22.9 Å². The summed E-state index contributed by atoms with van der Waals surface area (Å²) in [5.74, 6) is 0.114. The molecule has 0 aliphatic heterocycles. The molecule has 1 fully saturated rings. The van der Waals surface area contributed by atoms with Crippen molar-refractivity contribution in [3.63, 3.8) is 0 Å². The molecular formula is C21H21N5O2. The fourth-order valence-corrected chi connectivity index (χ4v) is 3.52. The minimum absolute atomic E-state index is 0.138. The Hall–Kier alpha value is -3.24. The first-order valence-corrected chi connectivity index (χ1v) is 9.34. The molecular weight excluding hydrogens is 354 g/mol. The smallest absolute Gasteiger partial charge is 0.229 e. The summed E-state index contributed by atoms with van der Waals surface area (Å²) >= 11 is 0. The van der Waals surface area contributed by atoms with Crippen LogP contribution in [0.5, 0.6) is 0 Å². The fraction of sp³-hybridized carbons (Fsp3) is 0.333. The van der Waals surface area contributed by atoms with Gasteiger partial charge in [0.25, 0.3) is 0 Å². The fourth-order valence-electron chi connectivity index (χ4n) is 3.52. The van der Waals surface area contributed by atoms with E-state index >= 15 is 0 Å². The Morgan fingerprint density at radius 2 is 2.21 bits per heavy atom. The van der Waals surface area contributed by atoms with Crippen molar-refractivity contribution in [1.82, 2.24) is 14.5 Å². The number of pyridine rings is 1. The Bertz CT molecular complexity index is 1060. The average molecular weight is 375 g/mol. The highest BCUT2D eigenvalue weighted by molar-refractivity contribution is 5.92. The maximum Gasteiger partial charge on any atom is 0.229 e. The molecule has 4 rings (SSSR count). The number of nitriles is 1. The zero-order valence-electron chi connectivity index (χ0n) is 15.6. The van der Waals surface area contributed by atoms with E-state index in [0.717, 1.165) is 30.3 Å². The quantitative estimate of drug-likeness (QED) is 0.712. The van der Waals surface area contributed by atoms with Crippen LogP contribution in [0.2, 0.25) is 0 Å². The number of benzene rings is 1. The van der Waals surface area contributed by atoms with Gasteiger partial charge in [0.05, 0.1) is 34.8 Å². The van der Waals surface area contributed by atoms with E-state index in [4.69, 9.17) is 0 Å². The summed E-state index contributed by atoms with van der Waals surface area (Å²) in [4.78, 5) is 21.4. The summed E-state index contributed by atoms with van der Waals surface area (Å²) in [5, 5.41) is 22.7. The van der Waals surface area contributed by atoms with Crippen LogP contribution in [-0.4, -0.2) is 25.5 Å². The topological polar surface area (TPSA) is 104 Å². The number of anilines is 1. The number of fused-ring (bicyclic) bond motifs is 1. The van der Waals surface area contributed by atoms with Gasteiger partial charge in [-0.15, -0.1) is 0 Å². The molecule has 2 aromatic heterocycles. The van der Waals surface area contributed by atoms with Gasteiger partial charge < -0.3 is 9.67 Å². The van der Waals surface area contributed by atoms with E-state index < -0.39 is 5.60 Å². The summed E-state index contributed by atoms with van der Waals surface area (Å²) in [6.45, 7) is 1.57. The molecule has 0 spiro atoms. The highest BCUT2D eigenvalue weighted by Gasteiger charge is 2.30. The van der Waals surface area contributed by atoms with Crippen molar-refractivity contribution in [1.29, 1.82) is 5.26 Å². The van der Waals surface area contributed by atoms with Gasteiger partial charge in [0.1, 0.15) is 5.60 Å². The van der Waals surface area contributed by atoms with Crippen molar-refractivity contribution in [2.24, 2.45) is 0 Å². The molecule has 142 valence electrons. The summed E-state index contributed by atoms with van der Waals surface area (Å²) in [6.07, 6.45) is 4.60. The van der Waals surface area contributed by atoms with Crippen molar-refractivity contribution in [2.45, 2.75) is 44.2 Å². The zero-order chi connectivity index (χ0) is 19.7. The van der Waals surface area contributed by atoms with Crippen molar-refractivity contribution in [3.05, 3.63) is 53.9 Å². The maximum absolute atomic E-state index is 12.7. The minimum Gasteiger partial charge on any atom is -0.383 e. The number of hydrogen-bond acceptors (Lipinski definition) is 5. The van der Waals surface area contributed by atoms with Crippen LogP contribution in [0.25, 0.3) is 11.0 Å². The summed E-state index contributed by atoms with van der Waals surface area (Å²) in [5.41, 5.74) is 1.19. The number of hydrogen-bond donors (Lipinski definition) is 2. The van der Waals surface area contributed by atoms with Gasteiger partial charge >= 0.3 is 0 Å². The lowest BCUT2D eigenvalue weighted by Gasteiger charge is -2.29. The van der Waals surface area contributed by atoms with E-state index in [1.54, 1.807) is 49.5 Å². The van der Waals surface area contributed by atoms with Crippen LogP contribution >= 0.6 is 0 Å². The normalized spacial score (nSPS) is 16.2. The van der Waals surface area contributed by atoms with Gasteiger partial charge in [-0.25, -0.2) is 4.98 Å². The Morgan fingerprint density at radius 1 is 1.39 bits per heavy atom. The molecule has 2 heterocycles. The van der Waals surface area contributed by atoms with Crippen molar-refractivity contribution in [2.75, 3.05) is 5.32 Å². The van der Waals surface area contributed by atoms with Gasteiger partial charge in [-0.3, -0.25) is 15.1 Å². The molecule has 2 N–H and O–H groups in total. The van der Waals surface area contributed by atoms with E-state index in [9.17, 15) is 15.2 Å². The monoisotopic (exact) mass is 375 g/mol. The lowest BCUT2D eigenvalue weighted by Crippen LogP contribution is -2.30. The lowest BCUT2D eigenvalue weighted by molar-refractivity contribution is -0.121. The third kappa shape index (κ3) is 3.35. The molecule has 1 aromatic carbocycles. The number of amides is 1. The lowest BCUT2D eigenvalue weighted by atomic mass is 9.92. The number of aliphatic hydroxyl groups is 1.